The second-order valence-corrected chi connectivity index (χ2v) is 5.44. The topological polar surface area (TPSA) is 38.1 Å². The molecule has 2 aromatic carbocycles. The van der Waals surface area contributed by atoms with Gasteiger partial charge in [-0.2, -0.15) is 0 Å². The van der Waals surface area contributed by atoms with E-state index in [9.17, 15) is 9.50 Å². The highest BCUT2D eigenvalue weighted by atomic mass is 19.1. The van der Waals surface area contributed by atoms with Crippen molar-refractivity contribution in [2.75, 3.05) is 0 Å². The largest absolute Gasteiger partial charge is 0.385 e. The van der Waals surface area contributed by atoms with Crippen LogP contribution >= 0.6 is 0 Å². The number of nitrogens with zero attached hydrogens (tertiary/aromatic N) is 2. The standard InChI is InChI=1S/C18H19FN2O/c1-2-7-17(22)18-20-15-10-5-6-11-16(15)21(18)12-13-8-3-4-9-14(13)19/h3-6,8-11,17,22H,2,7,12H2,1H3/t17-/m0/s1. The first-order valence-corrected chi connectivity index (χ1v) is 7.57. The Kier molecular flexibility index (Phi) is 4.20. The van der Waals surface area contributed by atoms with Crippen molar-refractivity contribution in [2.24, 2.45) is 0 Å². The van der Waals surface area contributed by atoms with Crippen LogP contribution in [0, 0.1) is 5.82 Å². The molecule has 0 amide bonds. The third-order valence-corrected chi connectivity index (χ3v) is 3.83. The fourth-order valence-corrected chi connectivity index (χ4v) is 2.71. The summed E-state index contributed by atoms with van der Waals surface area (Å²) in [5.41, 5.74) is 2.33. The Morgan fingerprint density at radius 3 is 2.64 bits per heavy atom. The van der Waals surface area contributed by atoms with Gasteiger partial charge in [-0.05, 0) is 24.6 Å². The first kappa shape index (κ1) is 14.7. The van der Waals surface area contributed by atoms with Gasteiger partial charge >= 0.3 is 0 Å². The smallest absolute Gasteiger partial charge is 0.139 e. The minimum atomic E-state index is -0.635. The number of hydrogen-bond acceptors (Lipinski definition) is 2. The van der Waals surface area contributed by atoms with Crippen molar-refractivity contribution in [3.8, 4) is 0 Å². The van der Waals surface area contributed by atoms with Crippen molar-refractivity contribution in [2.45, 2.75) is 32.4 Å². The summed E-state index contributed by atoms with van der Waals surface area (Å²) in [5.74, 6) is 0.363. The number of aliphatic hydroxyl groups excluding tert-OH is 1. The van der Waals surface area contributed by atoms with Crippen molar-refractivity contribution in [1.29, 1.82) is 0 Å². The van der Waals surface area contributed by atoms with E-state index in [1.165, 1.54) is 6.07 Å². The summed E-state index contributed by atoms with van der Waals surface area (Å²) in [6.07, 6.45) is 0.870. The molecule has 0 saturated carbocycles. The number of rotatable bonds is 5. The monoisotopic (exact) mass is 298 g/mol. The van der Waals surface area contributed by atoms with Gasteiger partial charge in [-0.3, -0.25) is 0 Å². The summed E-state index contributed by atoms with van der Waals surface area (Å²) < 4.78 is 15.9. The molecule has 3 aromatic rings. The van der Waals surface area contributed by atoms with Crippen molar-refractivity contribution >= 4 is 11.0 Å². The molecule has 3 rings (SSSR count). The van der Waals surface area contributed by atoms with Crippen LogP contribution in [0.3, 0.4) is 0 Å². The molecule has 0 saturated heterocycles. The van der Waals surface area contributed by atoms with Gasteiger partial charge in [0.05, 0.1) is 17.6 Å². The van der Waals surface area contributed by atoms with Gasteiger partial charge in [-0.15, -0.1) is 0 Å². The number of aromatic nitrogens is 2. The van der Waals surface area contributed by atoms with Crippen molar-refractivity contribution in [3.05, 3.63) is 65.7 Å². The number of benzene rings is 2. The molecule has 1 N–H and O–H groups in total. The minimum absolute atomic E-state index is 0.240. The van der Waals surface area contributed by atoms with Crippen molar-refractivity contribution in [1.82, 2.24) is 9.55 Å². The van der Waals surface area contributed by atoms with E-state index in [1.54, 1.807) is 12.1 Å². The number of aliphatic hydroxyl groups is 1. The van der Waals surface area contributed by atoms with Crippen LogP contribution in [0.2, 0.25) is 0 Å². The van der Waals surface area contributed by atoms with Crippen LogP contribution in [0.5, 0.6) is 0 Å². The highest BCUT2D eigenvalue weighted by Gasteiger charge is 2.18. The van der Waals surface area contributed by atoms with E-state index >= 15 is 0 Å². The lowest BCUT2D eigenvalue weighted by atomic mass is 10.1. The number of halogens is 1. The fraction of sp³-hybridized carbons (Fsp3) is 0.278. The SMILES string of the molecule is CCC[C@H](O)c1nc2ccccc2n1Cc1ccccc1F. The molecule has 0 spiro atoms. The zero-order valence-corrected chi connectivity index (χ0v) is 12.5. The summed E-state index contributed by atoms with van der Waals surface area (Å²) in [7, 11) is 0. The van der Waals surface area contributed by atoms with Gasteiger partial charge in [0.1, 0.15) is 17.7 Å². The van der Waals surface area contributed by atoms with Crippen LogP contribution in [0.25, 0.3) is 11.0 Å². The summed E-state index contributed by atoms with van der Waals surface area (Å²) in [6.45, 7) is 2.39. The van der Waals surface area contributed by atoms with Crippen molar-refractivity contribution in [3.63, 3.8) is 0 Å². The molecule has 1 heterocycles. The minimum Gasteiger partial charge on any atom is -0.385 e. The molecule has 0 aliphatic carbocycles. The van der Waals surface area contributed by atoms with Gasteiger partial charge in [-0.1, -0.05) is 43.7 Å². The molecule has 114 valence electrons. The molecule has 0 bridgehead atoms. The van der Waals surface area contributed by atoms with E-state index in [0.717, 1.165) is 17.5 Å². The fourth-order valence-electron chi connectivity index (χ4n) is 2.71. The number of para-hydroxylation sites is 2. The Morgan fingerprint density at radius 2 is 1.86 bits per heavy atom. The van der Waals surface area contributed by atoms with Gasteiger partial charge in [0.25, 0.3) is 0 Å². The van der Waals surface area contributed by atoms with E-state index in [0.29, 0.717) is 24.4 Å². The molecule has 3 nitrogen and oxygen atoms in total. The molecule has 22 heavy (non-hydrogen) atoms. The quantitative estimate of drug-likeness (QED) is 0.771. The van der Waals surface area contributed by atoms with Crippen molar-refractivity contribution < 1.29 is 9.50 Å². The number of hydrogen-bond donors (Lipinski definition) is 1. The first-order chi connectivity index (χ1) is 10.7. The van der Waals surface area contributed by atoms with E-state index in [4.69, 9.17) is 0 Å². The van der Waals surface area contributed by atoms with Gasteiger partial charge in [0.2, 0.25) is 0 Å². The molecule has 1 aromatic heterocycles. The molecule has 1 atom stereocenters. The highest BCUT2D eigenvalue weighted by Crippen LogP contribution is 2.25. The Hall–Kier alpha value is -2.20. The lowest BCUT2D eigenvalue weighted by Crippen LogP contribution is -2.10. The molecule has 0 aliphatic rings. The number of fused-ring (bicyclic) bond motifs is 1. The molecule has 4 heteroatoms. The lowest BCUT2D eigenvalue weighted by molar-refractivity contribution is 0.153. The Balaban J connectivity index is 2.09. The summed E-state index contributed by atoms with van der Waals surface area (Å²) in [4.78, 5) is 4.55. The van der Waals surface area contributed by atoms with Crippen LogP contribution in [0.15, 0.2) is 48.5 Å². The van der Waals surface area contributed by atoms with Crippen LogP contribution in [-0.2, 0) is 6.54 Å². The van der Waals surface area contributed by atoms with E-state index in [1.807, 2.05) is 41.8 Å². The predicted octanol–water partition coefficient (Wildman–Crippen LogP) is 4.06. The van der Waals surface area contributed by atoms with Gasteiger partial charge in [0, 0.05) is 5.56 Å². The Labute approximate surface area is 129 Å². The van der Waals surface area contributed by atoms with Crippen LogP contribution < -0.4 is 0 Å². The van der Waals surface area contributed by atoms with E-state index in [-0.39, 0.29) is 5.82 Å². The van der Waals surface area contributed by atoms with Gasteiger partial charge < -0.3 is 9.67 Å². The summed E-state index contributed by atoms with van der Waals surface area (Å²) in [5, 5.41) is 10.4. The third kappa shape index (κ3) is 2.74. The van der Waals surface area contributed by atoms with Crippen LogP contribution in [-0.4, -0.2) is 14.7 Å². The molecule has 0 radical (unpaired) electrons. The Bertz CT molecular complexity index is 782. The predicted molar refractivity (Wildman–Crippen MR) is 85.1 cm³/mol. The maximum Gasteiger partial charge on any atom is 0.139 e. The average Bonchev–Trinajstić information content (AvgIpc) is 2.89. The zero-order valence-electron chi connectivity index (χ0n) is 12.5. The number of imidazole rings is 1. The molecular weight excluding hydrogens is 279 g/mol. The molecule has 0 fully saturated rings. The third-order valence-electron chi connectivity index (χ3n) is 3.83. The average molecular weight is 298 g/mol. The molecule has 0 aliphatic heterocycles. The summed E-state index contributed by atoms with van der Waals surface area (Å²) >= 11 is 0. The maximum absolute atomic E-state index is 14.0. The van der Waals surface area contributed by atoms with Gasteiger partial charge in [0.15, 0.2) is 0 Å². The molecular formula is C18H19FN2O. The van der Waals surface area contributed by atoms with Crippen LogP contribution in [0.1, 0.15) is 37.3 Å². The molecule has 0 unspecified atom stereocenters. The van der Waals surface area contributed by atoms with E-state index in [2.05, 4.69) is 4.98 Å². The first-order valence-electron chi connectivity index (χ1n) is 7.57. The second-order valence-electron chi connectivity index (χ2n) is 5.44. The maximum atomic E-state index is 14.0. The lowest BCUT2D eigenvalue weighted by Gasteiger charge is -2.14. The second kappa shape index (κ2) is 6.28. The zero-order chi connectivity index (χ0) is 15.5. The Morgan fingerprint density at radius 1 is 1.14 bits per heavy atom. The van der Waals surface area contributed by atoms with Gasteiger partial charge in [-0.25, -0.2) is 9.37 Å². The summed E-state index contributed by atoms with van der Waals surface area (Å²) in [6, 6.07) is 14.4. The normalized spacial score (nSPS) is 12.7. The highest BCUT2D eigenvalue weighted by molar-refractivity contribution is 5.76. The van der Waals surface area contributed by atoms with Crippen LogP contribution in [0.4, 0.5) is 4.39 Å². The van der Waals surface area contributed by atoms with E-state index < -0.39 is 6.10 Å².